The number of hydrogen-bond acceptors (Lipinski definition) is 3. The van der Waals surface area contributed by atoms with Crippen molar-refractivity contribution in [2.24, 2.45) is 0 Å². The van der Waals surface area contributed by atoms with Crippen molar-refractivity contribution in [2.75, 3.05) is 0 Å². The van der Waals surface area contributed by atoms with Crippen LogP contribution in [0.5, 0.6) is 0 Å². The molecule has 0 spiro atoms. The molecule has 1 aromatic heterocycles. The molecule has 6 heteroatoms. The number of nitrogens with zero attached hydrogens (tertiary/aromatic N) is 2. The number of hydrogen-bond donors (Lipinski definition) is 2. The van der Waals surface area contributed by atoms with Crippen LogP contribution in [0.3, 0.4) is 0 Å². The van der Waals surface area contributed by atoms with Crippen LogP contribution in [0.15, 0.2) is 18.2 Å². The number of aliphatic carboxylic acids is 1. The fraction of sp³-hybridized carbons (Fsp3) is 0.389. The molecule has 1 amide bonds. The summed E-state index contributed by atoms with van der Waals surface area (Å²) in [6, 6.07) is 5.18. The van der Waals surface area contributed by atoms with Crippen LogP contribution in [0.1, 0.15) is 46.2 Å². The summed E-state index contributed by atoms with van der Waals surface area (Å²) in [5.41, 5.74) is 5.56. The Morgan fingerprint density at radius 3 is 2.71 bits per heavy atom. The van der Waals surface area contributed by atoms with Crippen molar-refractivity contribution < 1.29 is 14.7 Å². The normalized spacial score (nSPS) is 14.3. The van der Waals surface area contributed by atoms with Crippen molar-refractivity contribution >= 4 is 11.9 Å². The molecule has 1 atom stereocenters. The first kappa shape index (κ1) is 16.2. The number of amides is 1. The summed E-state index contributed by atoms with van der Waals surface area (Å²) in [4.78, 5) is 23.4. The van der Waals surface area contributed by atoms with Gasteiger partial charge in [0.25, 0.3) is 5.91 Å². The average Bonchev–Trinajstić information content (AvgIpc) is 3.09. The van der Waals surface area contributed by atoms with Gasteiger partial charge in [-0.25, -0.2) is 4.68 Å². The van der Waals surface area contributed by atoms with Crippen molar-refractivity contribution in [3.63, 3.8) is 0 Å². The second-order valence-electron chi connectivity index (χ2n) is 6.36. The number of aryl methyl sites for hydroxylation is 2. The summed E-state index contributed by atoms with van der Waals surface area (Å²) in [5, 5.41) is 16.0. The second-order valence-corrected chi connectivity index (χ2v) is 6.36. The van der Waals surface area contributed by atoms with E-state index in [2.05, 4.69) is 16.5 Å². The number of carboxylic acid groups (broad SMARTS) is 1. The molecule has 1 aliphatic rings. The maximum absolute atomic E-state index is 12.5. The van der Waals surface area contributed by atoms with Crippen LogP contribution < -0.4 is 5.32 Å². The maximum Gasteiger partial charge on any atom is 0.325 e. The van der Waals surface area contributed by atoms with Gasteiger partial charge in [-0.1, -0.05) is 17.7 Å². The number of aromatic nitrogens is 2. The first-order chi connectivity index (χ1) is 11.4. The zero-order valence-corrected chi connectivity index (χ0v) is 14.1. The molecule has 1 aromatic carbocycles. The van der Waals surface area contributed by atoms with Crippen molar-refractivity contribution in [3.8, 4) is 5.69 Å². The van der Waals surface area contributed by atoms with Crippen molar-refractivity contribution in [2.45, 2.75) is 46.1 Å². The molecule has 24 heavy (non-hydrogen) atoms. The molecule has 0 fully saturated rings. The molecule has 0 aliphatic heterocycles. The molecule has 6 nitrogen and oxygen atoms in total. The van der Waals surface area contributed by atoms with Crippen LogP contribution in [-0.4, -0.2) is 32.8 Å². The number of rotatable bonds is 4. The van der Waals surface area contributed by atoms with Gasteiger partial charge >= 0.3 is 5.97 Å². The lowest BCUT2D eigenvalue weighted by Gasteiger charge is -2.10. The van der Waals surface area contributed by atoms with Gasteiger partial charge in [0, 0.05) is 11.3 Å². The summed E-state index contributed by atoms with van der Waals surface area (Å²) >= 11 is 0. The highest BCUT2D eigenvalue weighted by atomic mass is 16.4. The van der Waals surface area contributed by atoms with Crippen LogP contribution in [0.25, 0.3) is 5.69 Å². The van der Waals surface area contributed by atoms with Gasteiger partial charge in [-0.05, 0) is 51.7 Å². The molecular formula is C18H21N3O3. The van der Waals surface area contributed by atoms with E-state index in [1.54, 1.807) is 0 Å². The van der Waals surface area contributed by atoms with Crippen molar-refractivity contribution in [3.05, 3.63) is 46.3 Å². The van der Waals surface area contributed by atoms with Crippen LogP contribution in [-0.2, 0) is 17.6 Å². The number of fused-ring (bicyclic) bond motifs is 1. The minimum absolute atomic E-state index is 0.343. The van der Waals surface area contributed by atoms with E-state index in [9.17, 15) is 9.59 Å². The molecule has 2 aromatic rings. The van der Waals surface area contributed by atoms with E-state index in [0.717, 1.165) is 41.8 Å². The minimum atomic E-state index is -1.06. The third-order valence-corrected chi connectivity index (χ3v) is 4.44. The maximum atomic E-state index is 12.5. The smallest absolute Gasteiger partial charge is 0.325 e. The Kier molecular flexibility index (Phi) is 4.13. The molecule has 1 aliphatic carbocycles. The molecule has 0 radical (unpaired) electrons. The SMILES string of the molecule is Cc1ccc(-n2nc(C(=O)N[C@@H](C)C(=O)O)c3c2CCC3)c(C)c1. The van der Waals surface area contributed by atoms with Gasteiger partial charge in [-0.3, -0.25) is 9.59 Å². The lowest BCUT2D eigenvalue weighted by atomic mass is 10.1. The predicted octanol–water partition coefficient (Wildman–Crippen LogP) is 2.18. The van der Waals surface area contributed by atoms with Crippen LogP contribution in [0.2, 0.25) is 0 Å². The van der Waals surface area contributed by atoms with E-state index >= 15 is 0 Å². The summed E-state index contributed by atoms with van der Waals surface area (Å²) in [5.74, 6) is -1.49. The zero-order chi connectivity index (χ0) is 17.4. The lowest BCUT2D eigenvalue weighted by molar-refractivity contribution is -0.138. The number of benzene rings is 1. The van der Waals surface area contributed by atoms with Crippen LogP contribution in [0.4, 0.5) is 0 Å². The second kappa shape index (κ2) is 6.11. The summed E-state index contributed by atoms with van der Waals surface area (Å²) < 4.78 is 1.84. The standard InChI is InChI=1S/C18H21N3O3/c1-10-7-8-14(11(2)9-10)21-15-6-4-5-13(15)16(20-21)17(22)19-12(3)18(23)24/h7-9,12H,4-6H2,1-3H3,(H,19,22)(H,23,24)/t12-/m0/s1. The van der Waals surface area contributed by atoms with Crippen LogP contribution >= 0.6 is 0 Å². The van der Waals surface area contributed by atoms with Gasteiger partial charge < -0.3 is 10.4 Å². The fourth-order valence-electron chi connectivity index (χ4n) is 3.19. The third kappa shape index (κ3) is 2.79. The fourth-order valence-corrected chi connectivity index (χ4v) is 3.19. The Labute approximate surface area is 140 Å². The molecule has 126 valence electrons. The van der Waals surface area contributed by atoms with Gasteiger partial charge in [-0.15, -0.1) is 0 Å². The molecule has 2 N–H and O–H groups in total. The highest BCUT2D eigenvalue weighted by molar-refractivity contribution is 5.96. The number of carboxylic acids is 1. The zero-order valence-electron chi connectivity index (χ0n) is 14.1. The highest BCUT2D eigenvalue weighted by Gasteiger charge is 2.28. The number of carbonyl (C=O) groups is 2. The number of carbonyl (C=O) groups excluding carboxylic acids is 1. The van der Waals surface area contributed by atoms with Gasteiger partial charge in [0.1, 0.15) is 6.04 Å². The van der Waals surface area contributed by atoms with Gasteiger partial charge in [0.05, 0.1) is 5.69 Å². The minimum Gasteiger partial charge on any atom is -0.480 e. The molecule has 0 saturated carbocycles. The van der Waals surface area contributed by atoms with E-state index in [-0.39, 0.29) is 0 Å². The van der Waals surface area contributed by atoms with E-state index in [1.807, 2.05) is 30.7 Å². The highest BCUT2D eigenvalue weighted by Crippen LogP contribution is 2.29. The summed E-state index contributed by atoms with van der Waals surface area (Å²) in [6.07, 6.45) is 2.65. The summed E-state index contributed by atoms with van der Waals surface area (Å²) in [7, 11) is 0. The van der Waals surface area contributed by atoms with E-state index < -0.39 is 17.9 Å². The van der Waals surface area contributed by atoms with E-state index in [4.69, 9.17) is 5.11 Å². The van der Waals surface area contributed by atoms with Gasteiger partial charge in [0.2, 0.25) is 0 Å². The Morgan fingerprint density at radius 1 is 1.29 bits per heavy atom. The molecule has 3 rings (SSSR count). The predicted molar refractivity (Wildman–Crippen MR) is 89.6 cm³/mol. The van der Waals surface area contributed by atoms with Crippen molar-refractivity contribution in [1.82, 2.24) is 15.1 Å². The third-order valence-electron chi connectivity index (χ3n) is 4.44. The topological polar surface area (TPSA) is 84.2 Å². The van der Waals surface area contributed by atoms with Crippen molar-refractivity contribution in [1.29, 1.82) is 0 Å². The van der Waals surface area contributed by atoms with E-state index in [0.29, 0.717) is 5.69 Å². The van der Waals surface area contributed by atoms with Gasteiger partial charge in [-0.2, -0.15) is 5.10 Å². The number of nitrogens with one attached hydrogen (secondary N) is 1. The molecule has 0 bridgehead atoms. The molecule has 0 saturated heterocycles. The quantitative estimate of drug-likeness (QED) is 0.901. The molecule has 1 heterocycles. The first-order valence-corrected chi connectivity index (χ1v) is 8.10. The Hall–Kier alpha value is -2.63. The Balaban J connectivity index is 2.02. The lowest BCUT2D eigenvalue weighted by Crippen LogP contribution is -2.38. The Morgan fingerprint density at radius 2 is 2.04 bits per heavy atom. The van der Waals surface area contributed by atoms with E-state index in [1.165, 1.54) is 12.5 Å². The van der Waals surface area contributed by atoms with Gasteiger partial charge in [0.15, 0.2) is 5.69 Å². The summed E-state index contributed by atoms with van der Waals surface area (Å²) in [6.45, 7) is 5.51. The molecule has 0 unspecified atom stereocenters. The average molecular weight is 327 g/mol. The largest absolute Gasteiger partial charge is 0.480 e. The Bertz CT molecular complexity index is 823. The first-order valence-electron chi connectivity index (χ1n) is 8.10. The molecular weight excluding hydrogens is 306 g/mol. The van der Waals surface area contributed by atoms with Crippen LogP contribution in [0, 0.1) is 13.8 Å². The monoisotopic (exact) mass is 327 g/mol.